The molecule has 9 heteroatoms. The lowest BCUT2D eigenvalue weighted by Crippen LogP contribution is -2.30. The molecule has 0 radical (unpaired) electrons. The standard InChI is InChI=1S/C20H17F3INO3S/c21-15-10-13(24)4-3-12(15)9-14-18(23)16(22)11-17-19(14)25-29(26,27)20(6-7-20)5-1-2-8-28-17/h1-4,10-11,25H,5-9H2/b2-1+. The van der Waals surface area contributed by atoms with Gasteiger partial charge in [-0.2, -0.15) is 0 Å². The maximum Gasteiger partial charge on any atom is 0.238 e. The first kappa shape index (κ1) is 20.5. The SMILES string of the molecule is O=S1(=O)Nc2c(cc(F)c(F)c2Cc2ccc(I)cc2F)OC/C=C/CC12CC2. The van der Waals surface area contributed by atoms with Gasteiger partial charge >= 0.3 is 0 Å². The first-order valence-corrected chi connectivity index (χ1v) is 11.5. The smallest absolute Gasteiger partial charge is 0.238 e. The van der Waals surface area contributed by atoms with Crippen molar-refractivity contribution in [3.63, 3.8) is 0 Å². The third-order valence-corrected chi connectivity index (χ3v) is 8.13. The molecule has 4 nitrogen and oxygen atoms in total. The summed E-state index contributed by atoms with van der Waals surface area (Å²) in [6.45, 7) is 0.0766. The van der Waals surface area contributed by atoms with Gasteiger partial charge in [0.15, 0.2) is 11.6 Å². The van der Waals surface area contributed by atoms with E-state index in [1.807, 2.05) is 22.6 Å². The van der Waals surface area contributed by atoms with Crippen LogP contribution >= 0.6 is 22.6 Å². The Bertz CT molecular complexity index is 1110. The second-order valence-electron chi connectivity index (χ2n) is 7.21. The summed E-state index contributed by atoms with van der Waals surface area (Å²) < 4.78 is 77.0. The van der Waals surface area contributed by atoms with Crippen molar-refractivity contribution in [3.8, 4) is 5.75 Å². The van der Waals surface area contributed by atoms with Crippen LogP contribution in [0.2, 0.25) is 0 Å². The number of rotatable bonds is 2. The van der Waals surface area contributed by atoms with Crippen LogP contribution in [0.25, 0.3) is 0 Å². The molecule has 1 saturated carbocycles. The Morgan fingerprint density at radius 3 is 2.55 bits per heavy atom. The average Bonchev–Trinajstić information content (AvgIpc) is 3.44. The normalized spacial score (nSPS) is 20.3. The Morgan fingerprint density at radius 1 is 1.10 bits per heavy atom. The molecular weight excluding hydrogens is 518 g/mol. The van der Waals surface area contributed by atoms with Crippen LogP contribution in [0.15, 0.2) is 36.4 Å². The zero-order valence-electron chi connectivity index (χ0n) is 15.1. The van der Waals surface area contributed by atoms with Gasteiger partial charge in [-0.15, -0.1) is 0 Å². The molecule has 0 atom stereocenters. The Morgan fingerprint density at radius 2 is 1.86 bits per heavy atom. The van der Waals surface area contributed by atoms with E-state index in [9.17, 15) is 21.6 Å². The van der Waals surface area contributed by atoms with E-state index in [1.54, 1.807) is 18.2 Å². The minimum atomic E-state index is -3.89. The molecule has 29 heavy (non-hydrogen) atoms. The van der Waals surface area contributed by atoms with Crippen LogP contribution < -0.4 is 9.46 Å². The third-order valence-electron chi connectivity index (χ3n) is 5.27. The van der Waals surface area contributed by atoms with Gasteiger partial charge in [0.05, 0.1) is 10.4 Å². The summed E-state index contributed by atoms with van der Waals surface area (Å²) in [7, 11) is -3.89. The zero-order valence-corrected chi connectivity index (χ0v) is 18.1. The van der Waals surface area contributed by atoms with Crippen molar-refractivity contribution in [1.29, 1.82) is 0 Å². The van der Waals surface area contributed by atoms with E-state index in [1.165, 1.54) is 12.1 Å². The summed E-state index contributed by atoms with van der Waals surface area (Å²) in [6, 6.07) is 5.20. The maximum absolute atomic E-state index is 14.8. The lowest BCUT2D eigenvalue weighted by Gasteiger charge is -2.22. The molecule has 0 unspecified atom stereocenters. The summed E-state index contributed by atoms with van der Waals surface area (Å²) in [6.07, 6.45) is 4.32. The molecule has 1 aliphatic heterocycles. The summed E-state index contributed by atoms with van der Waals surface area (Å²) in [5, 5.41) is 0. The van der Waals surface area contributed by atoms with Gasteiger partial charge in [0.2, 0.25) is 10.0 Å². The molecular formula is C20H17F3INO3S. The number of benzene rings is 2. The number of sulfonamides is 1. The first-order valence-electron chi connectivity index (χ1n) is 8.97. The molecule has 0 amide bonds. The van der Waals surface area contributed by atoms with Crippen LogP contribution in [-0.2, 0) is 16.4 Å². The molecule has 2 aromatic carbocycles. The van der Waals surface area contributed by atoms with Crippen LogP contribution in [0.5, 0.6) is 5.75 Å². The predicted molar refractivity (Wildman–Crippen MR) is 112 cm³/mol. The van der Waals surface area contributed by atoms with E-state index in [0.29, 0.717) is 22.8 Å². The van der Waals surface area contributed by atoms with E-state index in [-0.39, 0.29) is 35.6 Å². The Kier molecular flexibility index (Phi) is 5.30. The molecule has 2 aromatic rings. The van der Waals surface area contributed by atoms with Crippen molar-refractivity contribution in [1.82, 2.24) is 0 Å². The highest BCUT2D eigenvalue weighted by Crippen LogP contribution is 2.49. The van der Waals surface area contributed by atoms with Crippen molar-refractivity contribution in [3.05, 3.63) is 68.6 Å². The summed E-state index contributed by atoms with van der Waals surface area (Å²) in [4.78, 5) is 0. The topological polar surface area (TPSA) is 55.4 Å². The van der Waals surface area contributed by atoms with Crippen molar-refractivity contribution in [2.45, 2.75) is 30.4 Å². The predicted octanol–water partition coefficient (Wildman–Crippen LogP) is 4.91. The molecule has 1 aliphatic carbocycles. The number of fused-ring (bicyclic) bond motifs is 1. The molecule has 0 aromatic heterocycles. The van der Waals surface area contributed by atoms with E-state index in [4.69, 9.17) is 4.74 Å². The quantitative estimate of drug-likeness (QED) is 0.440. The van der Waals surface area contributed by atoms with Crippen LogP contribution in [0.1, 0.15) is 30.4 Å². The van der Waals surface area contributed by atoms with Crippen LogP contribution in [0.3, 0.4) is 0 Å². The van der Waals surface area contributed by atoms with Gasteiger partial charge in [0.25, 0.3) is 0 Å². The molecule has 1 heterocycles. The maximum atomic E-state index is 14.8. The number of hydrogen-bond acceptors (Lipinski definition) is 3. The molecule has 1 N–H and O–H groups in total. The molecule has 1 spiro atoms. The number of nitrogens with one attached hydrogen (secondary N) is 1. The average molecular weight is 535 g/mol. The summed E-state index contributed by atoms with van der Waals surface area (Å²) >= 11 is 1.94. The largest absolute Gasteiger partial charge is 0.487 e. The summed E-state index contributed by atoms with van der Waals surface area (Å²) in [5.74, 6) is -3.13. The first-order chi connectivity index (χ1) is 13.7. The van der Waals surface area contributed by atoms with Gasteiger partial charge in [-0.25, -0.2) is 21.6 Å². The second-order valence-corrected chi connectivity index (χ2v) is 10.5. The molecule has 2 aliphatic rings. The zero-order chi connectivity index (χ0) is 20.8. The van der Waals surface area contributed by atoms with Crippen molar-refractivity contribution >= 4 is 38.3 Å². The van der Waals surface area contributed by atoms with Crippen LogP contribution in [0.4, 0.5) is 18.9 Å². The molecule has 4 rings (SSSR count). The van der Waals surface area contributed by atoms with Gasteiger partial charge in [0.1, 0.15) is 18.2 Å². The van der Waals surface area contributed by atoms with Crippen LogP contribution in [-0.4, -0.2) is 19.8 Å². The van der Waals surface area contributed by atoms with Gasteiger partial charge in [-0.3, -0.25) is 4.72 Å². The fraction of sp³-hybridized carbons (Fsp3) is 0.300. The van der Waals surface area contributed by atoms with Crippen LogP contribution in [0, 0.1) is 21.0 Å². The fourth-order valence-corrected chi connectivity index (χ4v) is 5.49. The Labute approximate surface area is 180 Å². The van der Waals surface area contributed by atoms with E-state index < -0.39 is 32.2 Å². The lowest BCUT2D eigenvalue weighted by molar-refractivity contribution is 0.358. The van der Waals surface area contributed by atoms with E-state index in [0.717, 1.165) is 6.07 Å². The van der Waals surface area contributed by atoms with E-state index in [2.05, 4.69) is 4.72 Å². The number of hydrogen-bond donors (Lipinski definition) is 1. The van der Waals surface area contributed by atoms with E-state index >= 15 is 0 Å². The second kappa shape index (κ2) is 7.50. The minimum absolute atomic E-state index is 0.0766. The number of anilines is 1. The van der Waals surface area contributed by atoms with Gasteiger partial charge in [-0.05, 0) is 59.5 Å². The van der Waals surface area contributed by atoms with Crippen molar-refractivity contribution < 1.29 is 26.3 Å². The molecule has 1 fully saturated rings. The fourth-order valence-electron chi connectivity index (χ4n) is 3.37. The molecule has 0 bridgehead atoms. The highest BCUT2D eigenvalue weighted by atomic mass is 127. The Hall–Kier alpha value is -1.75. The minimum Gasteiger partial charge on any atom is -0.487 e. The van der Waals surface area contributed by atoms with Gasteiger partial charge in [0, 0.05) is 21.6 Å². The Balaban J connectivity index is 1.86. The highest BCUT2D eigenvalue weighted by Gasteiger charge is 2.54. The lowest BCUT2D eigenvalue weighted by atomic mass is 10.0. The monoisotopic (exact) mass is 535 g/mol. The van der Waals surface area contributed by atoms with Crippen molar-refractivity contribution in [2.24, 2.45) is 0 Å². The molecule has 154 valence electrons. The van der Waals surface area contributed by atoms with Gasteiger partial charge < -0.3 is 4.74 Å². The number of halogens is 4. The number of ether oxygens (including phenoxy) is 1. The molecule has 0 saturated heterocycles. The van der Waals surface area contributed by atoms with Gasteiger partial charge in [-0.1, -0.05) is 18.2 Å². The number of allylic oxidation sites excluding steroid dienone is 1. The van der Waals surface area contributed by atoms with Crippen molar-refractivity contribution in [2.75, 3.05) is 11.3 Å². The highest BCUT2D eigenvalue weighted by molar-refractivity contribution is 14.1. The summed E-state index contributed by atoms with van der Waals surface area (Å²) in [5.41, 5.74) is -0.345. The third kappa shape index (κ3) is 3.86.